The average molecular weight is 453 g/mol. The maximum atomic E-state index is 13.1. The highest BCUT2D eigenvalue weighted by atomic mass is 35.5. The number of nitrogens with one attached hydrogen (secondary N) is 1. The summed E-state index contributed by atoms with van der Waals surface area (Å²) in [5.74, 6) is -0.0249. The summed E-state index contributed by atoms with van der Waals surface area (Å²) in [5, 5.41) is 3.40. The van der Waals surface area contributed by atoms with Crippen LogP contribution in [0.25, 0.3) is 0 Å². The van der Waals surface area contributed by atoms with Gasteiger partial charge < -0.3 is 5.32 Å². The molecule has 0 spiro atoms. The van der Waals surface area contributed by atoms with Gasteiger partial charge in [-0.15, -0.1) is 11.8 Å². The fourth-order valence-electron chi connectivity index (χ4n) is 3.28. The van der Waals surface area contributed by atoms with Crippen molar-refractivity contribution in [2.75, 3.05) is 24.2 Å². The Labute approximate surface area is 181 Å². The molecule has 0 unspecified atom stereocenters. The van der Waals surface area contributed by atoms with Gasteiger partial charge in [0, 0.05) is 23.7 Å². The highest BCUT2D eigenvalue weighted by molar-refractivity contribution is 8.00. The third-order valence-electron chi connectivity index (χ3n) is 4.85. The largest absolute Gasteiger partial charge is 0.325 e. The van der Waals surface area contributed by atoms with Crippen molar-refractivity contribution in [3.63, 3.8) is 0 Å². The van der Waals surface area contributed by atoms with Gasteiger partial charge in [0.25, 0.3) is 0 Å². The van der Waals surface area contributed by atoms with Gasteiger partial charge in [0.05, 0.1) is 15.7 Å². The molecule has 3 rings (SSSR count). The van der Waals surface area contributed by atoms with E-state index in [1.807, 2.05) is 18.2 Å². The predicted octanol–water partition coefficient (Wildman–Crippen LogP) is 4.94. The number of thioether (sulfide) groups is 1. The van der Waals surface area contributed by atoms with Crippen LogP contribution in [-0.2, 0) is 14.8 Å². The van der Waals surface area contributed by atoms with E-state index < -0.39 is 10.0 Å². The summed E-state index contributed by atoms with van der Waals surface area (Å²) in [7, 11) is -3.58. The molecule has 1 heterocycles. The highest BCUT2D eigenvalue weighted by Gasteiger charge is 2.27. The second-order valence-corrected chi connectivity index (χ2v) is 10.4. The van der Waals surface area contributed by atoms with Gasteiger partial charge in [0.1, 0.15) is 0 Å². The summed E-state index contributed by atoms with van der Waals surface area (Å²) < 4.78 is 27.9. The van der Waals surface area contributed by atoms with Crippen molar-refractivity contribution in [1.29, 1.82) is 0 Å². The van der Waals surface area contributed by atoms with Gasteiger partial charge in [-0.25, -0.2) is 8.42 Å². The van der Waals surface area contributed by atoms with Gasteiger partial charge in [-0.3, -0.25) is 4.79 Å². The molecular weight excluding hydrogens is 428 g/mol. The number of benzene rings is 2. The van der Waals surface area contributed by atoms with Crippen LogP contribution >= 0.6 is 23.4 Å². The van der Waals surface area contributed by atoms with Crippen molar-refractivity contribution in [3.05, 3.63) is 53.1 Å². The molecule has 0 bridgehead atoms. The van der Waals surface area contributed by atoms with Crippen LogP contribution < -0.4 is 5.32 Å². The van der Waals surface area contributed by atoms with Crippen molar-refractivity contribution in [2.24, 2.45) is 0 Å². The van der Waals surface area contributed by atoms with E-state index in [-0.39, 0.29) is 16.6 Å². The maximum Gasteiger partial charge on any atom is 0.243 e. The van der Waals surface area contributed by atoms with Crippen LogP contribution in [0.15, 0.2) is 52.3 Å². The van der Waals surface area contributed by atoms with Crippen LogP contribution in [0.1, 0.15) is 31.2 Å². The third kappa shape index (κ3) is 5.75. The summed E-state index contributed by atoms with van der Waals surface area (Å²) >= 11 is 7.46. The monoisotopic (exact) mass is 452 g/mol. The summed E-state index contributed by atoms with van der Waals surface area (Å²) in [6.07, 6.45) is 3.89. The number of rotatable bonds is 6. The Bertz CT molecular complexity index is 972. The number of sulfonamides is 1. The lowest BCUT2D eigenvalue weighted by Gasteiger charge is -2.21. The third-order valence-corrected chi connectivity index (χ3v) is 8.41. The molecule has 5 nitrogen and oxygen atoms in total. The van der Waals surface area contributed by atoms with Crippen LogP contribution in [-0.4, -0.2) is 37.5 Å². The number of hydrogen-bond donors (Lipinski definition) is 1. The molecule has 1 N–H and O–H groups in total. The fourth-order valence-corrected chi connectivity index (χ4v) is 6.09. The molecule has 1 amide bonds. The molecule has 156 valence electrons. The zero-order valence-corrected chi connectivity index (χ0v) is 18.7. The first-order valence-corrected chi connectivity index (χ1v) is 12.5. The van der Waals surface area contributed by atoms with E-state index in [0.29, 0.717) is 29.4 Å². The highest BCUT2D eigenvalue weighted by Crippen LogP contribution is 2.28. The molecule has 8 heteroatoms. The molecular formula is C21H25ClN2O3S2. The molecule has 2 aromatic carbocycles. The minimum Gasteiger partial charge on any atom is -0.325 e. The number of aryl methyl sites for hydroxylation is 1. The quantitative estimate of drug-likeness (QED) is 0.630. The summed E-state index contributed by atoms with van der Waals surface area (Å²) in [6.45, 7) is 2.88. The van der Waals surface area contributed by atoms with Crippen molar-refractivity contribution >= 4 is 45.0 Å². The standard InChI is InChI=1S/C21H25ClN2O3S2/c1-16-10-11-17(23-21(25)15-28-19-9-5-4-8-18(19)22)14-20(16)29(26,27)24-12-6-2-3-7-13-24/h4-5,8-11,14H,2-3,6-7,12-13,15H2,1H3,(H,23,25). The lowest BCUT2D eigenvalue weighted by molar-refractivity contribution is -0.113. The summed E-state index contributed by atoms with van der Waals surface area (Å²) in [6, 6.07) is 12.4. The van der Waals surface area contributed by atoms with E-state index in [9.17, 15) is 13.2 Å². The number of hydrogen-bond acceptors (Lipinski definition) is 4. The molecule has 0 saturated carbocycles. The second-order valence-electron chi connectivity index (χ2n) is 7.07. The van der Waals surface area contributed by atoms with Crippen LogP contribution in [0.3, 0.4) is 0 Å². The Morgan fingerprint density at radius 3 is 2.48 bits per heavy atom. The molecule has 0 radical (unpaired) electrons. The van der Waals surface area contributed by atoms with Crippen LogP contribution in [0.4, 0.5) is 5.69 Å². The number of anilines is 1. The van der Waals surface area contributed by atoms with E-state index >= 15 is 0 Å². The maximum absolute atomic E-state index is 13.1. The number of carbonyl (C=O) groups is 1. The van der Waals surface area contributed by atoms with Crippen LogP contribution in [0, 0.1) is 6.92 Å². The van der Waals surface area contributed by atoms with Crippen molar-refractivity contribution in [1.82, 2.24) is 4.31 Å². The first kappa shape index (κ1) is 22.2. The minimum absolute atomic E-state index is 0.186. The van der Waals surface area contributed by atoms with E-state index in [0.717, 1.165) is 30.6 Å². The Hall–Kier alpha value is -1.54. The first-order chi connectivity index (χ1) is 13.9. The Balaban J connectivity index is 1.71. The molecule has 1 fully saturated rings. The fraction of sp³-hybridized carbons (Fsp3) is 0.381. The Morgan fingerprint density at radius 2 is 1.79 bits per heavy atom. The summed E-state index contributed by atoms with van der Waals surface area (Å²) in [5.41, 5.74) is 1.16. The summed E-state index contributed by atoms with van der Waals surface area (Å²) in [4.78, 5) is 13.4. The molecule has 1 saturated heterocycles. The molecule has 0 aromatic heterocycles. The van der Waals surface area contributed by atoms with Gasteiger partial charge in [0.2, 0.25) is 15.9 Å². The Kier molecular flexibility index (Phi) is 7.62. The number of amides is 1. The lowest BCUT2D eigenvalue weighted by Crippen LogP contribution is -2.32. The molecule has 0 aliphatic carbocycles. The second kappa shape index (κ2) is 9.98. The van der Waals surface area contributed by atoms with E-state index in [1.54, 1.807) is 35.5 Å². The first-order valence-electron chi connectivity index (χ1n) is 9.66. The zero-order chi connectivity index (χ0) is 20.9. The average Bonchev–Trinajstić information content (AvgIpc) is 2.99. The molecule has 1 aliphatic rings. The number of halogens is 1. The van der Waals surface area contributed by atoms with Crippen molar-refractivity contribution < 1.29 is 13.2 Å². The molecule has 1 aliphatic heterocycles. The van der Waals surface area contributed by atoms with Gasteiger partial charge >= 0.3 is 0 Å². The predicted molar refractivity (Wildman–Crippen MR) is 119 cm³/mol. The Morgan fingerprint density at radius 1 is 1.10 bits per heavy atom. The molecule has 29 heavy (non-hydrogen) atoms. The molecule has 2 aromatic rings. The van der Waals surface area contributed by atoms with E-state index in [2.05, 4.69) is 5.32 Å². The topological polar surface area (TPSA) is 66.5 Å². The van der Waals surface area contributed by atoms with Gasteiger partial charge in [-0.2, -0.15) is 4.31 Å². The van der Waals surface area contributed by atoms with Crippen LogP contribution in [0.5, 0.6) is 0 Å². The minimum atomic E-state index is -3.58. The lowest BCUT2D eigenvalue weighted by atomic mass is 10.2. The van der Waals surface area contributed by atoms with Crippen molar-refractivity contribution in [2.45, 2.75) is 42.4 Å². The number of nitrogens with zero attached hydrogens (tertiary/aromatic N) is 1. The van der Waals surface area contributed by atoms with Crippen molar-refractivity contribution in [3.8, 4) is 0 Å². The SMILES string of the molecule is Cc1ccc(NC(=O)CSc2ccccc2Cl)cc1S(=O)(=O)N1CCCCCC1. The van der Waals surface area contributed by atoms with E-state index in [4.69, 9.17) is 11.6 Å². The smallest absolute Gasteiger partial charge is 0.243 e. The van der Waals surface area contributed by atoms with Gasteiger partial charge in [0.15, 0.2) is 0 Å². The van der Waals surface area contributed by atoms with Crippen LogP contribution in [0.2, 0.25) is 5.02 Å². The van der Waals surface area contributed by atoms with Gasteiger partial charge in [-0.05, 0) is 49.6 Å². The van der Waals surface area contributed by atoms with E-state index in [1.165, 1.54) is 11.8 Å². The van der Waals surface area contributed by atoms with Gasteiger partial charge in [-0.1, -0.05) is 42.6 Å². The zero-order valence-electron chi connectivity index (χ0n) is 16.4. The molecule has 0 atom stereocenters. The normalized spacial score (nSPS) is 15.7. The number of carbonyl (C=O) groups excluding carboxylic acids is 1.